The van der Waals surface area contributed by atoms with Crippen molar-refractivity contribution >= 4 is 5.97 Å². The molecule has 1 atom stereocenters. The first-order chi connectivity index (χ1) is 11.1. The molecule has 3 aliphatic rings. The second-order valence-electron chi connectivity index (χ2n) is 7.05. The fourth-order valence-corrected chi connectivity index (χ4v) is 4.56. The number of carbonyl (C=O) groups is 1. The number of hydrogen-bond donors (Lipinski definition) is 1. The minimum Gasteiger partial charge on any atom is -0.486 e. The molecule has 1 N–H and O–H groups in total. The fraction of sp³-hybridized carbons (Fsp3) is 0.611. The van der Waals surface area contributed by atoms with Crippen LogP contribution in [0.1, 0.15) is 49.8 Å². The van der Waals surface area contributed by atoms with Gasteiger partial charge in [0.05, 0.1) is 6.54 Å². The van der Waals surface area contributed by atoms with Crippen LogP contribution in [0.5, 0.6) is 11.5 Å². The normalized spacial score (nSPS) is 25.3. The van der Waals surface area contributed by atoms with Gasteiger partial charge in [-0.05, 0) is 43.0 Å². The van der Waals surface area contributed by atoms with Crippen LogP contribution in [0.15, 0.2) is 12.1 Å². The zero-order valence-corrected chi connectivity index (χ0v) is 13.5. The molecule has 5 nitrogen and oxygen atoms in total. The van der Waals surface area contributed by atoms with Crippen molar-refractivity contribution < 1.29 is 19.4 Å². The summed E-state index contributed by atoms with van der Waals surface area (Å²) in [5.41, 5.74) is 2.64. The first kappa shape index (κ1) is 14.8. The number of nitrogens with zero attached hydrogens (tertiary/aromatic N) is 1. The molecular formula is C18H23NO4. The lowest BCUT2D eigenvalue weighted by molar-refractivity contribution is -0.139. The molecule has 1 aromatic carbocycles. The van der Waals surface area contributed by atoms with Crippen molar-refractivity contribution in [1.82, 2.24) is 4.90 Å². The molecule has 1 spiro atoms. The lowest BCUT2D eigenvalue weighted by Gasteiger charge is -2.46. The summed E-state index contributed by atoms with van der Waals surface area (Å²) in [7, 11) is 0. The minimum absolute atomic E-state index is 0.0765. The van der Waals surface area contributed by atoms with E-state index in [2.05, 4.69) is 24.0 Å². The number of hydrogen-bond acceptors (Lipinski definition) is 4. The molecule has 1 aromatic rings. The van der Waals surface area contributed by atoms with Gasteiger partial charge in [0.2, 0.25) is 0 Å². The highest BCUT2D eigenvalue weighted by atomic mass is 16.6. The van der Waals surface area contributed by atoms with E-state index in [4.69, 9.17) is 9.47 Å². The van der Waals surface area contributed by atoms with E-state index >= 15 is 0 Å². The molecule has 124 valence electrons. The number of carboxylic acids is 1. The summed E-state index contributed by atoms with van der Waals surface area (Å²) in [4.78, 5) is 13.4. The molecule has 4 rings (SSSR count). The molecule has 23 heavy (non-hydrogen) atoms. The van der Waals surface area contributed by atoms with Gasteiger partial charge in [-0.1, -0.05) is 12.8 Å². The first-order valence-electron chi connectivity index (χ1n) is 8.49. The monoisotopic (exact) mass is 317 g/mol. The Labute approximate surface area is 136 Å². The molecule has 0 saturated heterocycles. The van der Waals surface area contributed by atoms with Gasteiger partial charge in [-0.3, -0.25) is 9.69 Å². The van der Waals surface area contributed by atoms with Gasteiger partial charge in [0.25, 0.3) is 0 Å². The van der Waals surface area contributed by atoms with Crippen LogP contribution in [0, 0.1) is 0 Å². The molecule has 0 amide bonds. The summed E-state index contributed by atoms with van der Waals surface area (Å²) in [6.45, 7) is 4.19. The van der Waals surface area contributed by atoms with Crippen molar-refractivity contribution in [1.29, 1.82) is 0 Å². The van der Waals surface area contributed by atoms with Crippen LogP contribution in [-0.4, -0.2) is 42.3 Å². The minimum atomic E-state index is -0.758. The van der Waals surface area contributed by atoms with E-state index in [9.17, 15) is 9.90 Å². The third-order valence-electron chi connectivity index (χ3n) is 5.69. The maximum absolute atomic E-state index is 11.3. The van der Waals surface area contributed by atoms with Gasteiger partial charge in [0, 0.05) is 18.0 Å². The van der Waals surface area contributed by atoms with Crippen molar-refractivity contribution in [2.75, 3.05) is 26.3 Å². The second-order valence-corrected chi connectivity index (χ2v) is 7.05. The largest absolute Gasteiger partial charge is 0.486 e. The number of rotatable bonds is 2. The molecule has 5 heteroatoms. The van der Waals surface area contributed by atoms with Gasteiger partial charge in [-0.2, -0.15) is 0 Å². The Hall–Kier alpha value is -1.75. The highest BCUT2D eigenvalue weighted by Gasteiger charge is 2.45. The number of fused-ring (bicyclic) bond motifs is 3. The average Bonchev–Trinajstić information content (AvgIpc) is 3.00. The number of aliphatic carboxylic acids is 1. The van der Waals surface area contributed by atoms with E-state index in [-0.39, 0.29) is 18.0 Å². The number of benzene rings is 1. The van der Waals surface area contributed by atoms with Crippen molar-refractivity contribution in [3.8, 4) is 11.5 Å². The van der Waals surface area contributed by atoms with Crippen molar-refractivity contribution in [2.45, 2.75) is 44.1 Å². The van der Waals surface area contributed by atoms with Gasteiger partial charge in [0.1, 0.15) is 13.2 Å². The van der Waals surface area contributed by atoms with Gasteiger partial charge in [0.15, 0.2) is 11.5 Å². The Morgan fingerprint density at radius 1 is 1.26 bits per heavy atom. The van der Waals surface area contributed by atoms with Crippen LogP contribution < -0.4 is 9.47 Å². The molecule has 0 radical (unpaired) electrons. The molecule has 1 fully saturated rings. The van der Waals surface area contributed by atoms with Crippen LogP contribution >= 0.6 is 0 Å². The lowest BCUT2D eigenvalue weighted by atomic mass is 9.71. The summed E-state index contributed by atoms with van der Waals surface area (Å²) < 4.78 is 11.5. The van der Waals surface area contributed by atoms with Gasteiger partial charge in [-0.25, -0.2) is 0 Å². The van der Waals surface area contributed by atoms with Crippen LogP contribution in [0.4, 0.5) is 0 Å². The van der Waals surface area contributed by atoms with Gasteiger partial charge >= 0.3 is 5.97 Å². The van der Waals surface area contributed by atoms with Gasteiger partial charge < -0.3 is 14.6 Å². The third kappa shape index (κ3) is 2.38. The van der Waals surface area contributed by atoms with E-state index in [1.807, 2.05) is 0 Å². The van der Waals surface area contributed by atoms with E-state index in [1.165, 1.54) is 24.0 Å². The Bertz CT molecular complexity index is 636. The van der Waals surface area contributed by atoms with E-state index in [0.717, 1.165) is 30.9 Å². The summed E-state index contributed by atoms with van der Waals surface area (Å²) in [5, 5.41) is 9.27. The predicted molar refractivity (Wildman–Crippen MR) is 85.2 cm³/mol. The summed E-state index contributed by atoms with van der Waals surface area (Å²) >= 11 is 0. The zero-order valence-electron chi connectivity index (χ0n) is 13.5. The Balaban J connectivity index is 1.82. The van der Waals surface area contributed by atoms with Crippen molar-refractivity contribution in [3.63, 3.8) is 0 Å². The Kier molecular flexibility index (Phi) is 3.48. The fourth-order valence-electron chi connectivity index (χ4n) is 4.56. The number of carboxylic acid groups (broad SMARTS) is 1. The molecule has 0 bridgehead atoms. The third-order valence-corrected chi connectivity index (χ3v) is 5.69. The Morgan fingerprint density at radius 2 is 1.91 bits per heavy atom. The molecule has 2 aliphatic heterocycles. The SMILES string of the molecule is CC1c2cc3c(cc2C2(CCCC2)CN1CC(=O)O)OCCO3. The zero-order chi connectivity index (χ0) is 16.0. The molecule has 0 aromatic heterocycles. The highest BCUT2D eigenvalue weighted by molar-refractivity contribution is 5.69. The standard InChI is InChI=1S/C18H23NO4/c1-12-13-8-15-16(23-7-6-22-15)9-14(13)18(4-2-3-5-18)11-19(12)10-17(20)21/h8-9,12H,2-7,10-11H2,1H3,(H,20,21). The summed E-state index contributed by atoms with van der Waals surface area (Å²) in [6.07, 6.45) is 4.68. The van der Waals surface area contributed by atoms with E-state index in [1.54, 1.807) is 0 Å². The maximum Gasteiger partial charge on any atom is 0.317 e. The van der Waals surface area contributed by atoms with Crippen molar-refractivity contribution in [2.24, 2.45) is 0 Å². The first-order valence-corrected chi connectivity index (χ1v) is 8.49. The average molecular weight is 317 g/mol. The molecule has 2 heterocycles. The lowest BCUT2D eigenvalue weighted by Crippen LogP contribution is -2.47. The molecule has 1 saturated carbocycles. The summed E-state index contributed by atoms with van der Waals surface area (Å²) in [5.74, 6) is 0.887. The van der Waals surface area contributed by atoms with Crippen LogP contribution in [0.3, 0.4) is 0 Å². The van der Waals surface area contributed by atoms with Crippen LogP contribution in [-0.2, 0) is 10.2 Å². The molecular weight excluding hydrogens is 294 g/mol. The quantitative estimate of drug-likeness (QED) is 0.909. The predicted octanol–water partition coefficient (Wildman–Crippen LogP) is 2.73. The van der Waals surface area contributed by atoms with Crippen LogP contribution in [0.2, 0.25) is 0 Å². The maximum atomic E-state index is 11.3. The van der Waals surface area contributed by atoms with Crippen molar-refractivity contribution in [3.05, 3.63) is 23.3 Å². The summed E-state index contributed by atoms with van der Waals surface area (Å²) in [6, 6.07) is 4.34. The molecule has 1 unspecified atom stereocenters. The Morgan fingerprint density at radius 3 is 2.57 bits per heavy atom. The van der Waals surface area contributed by atoms with Crippen LogP contribution in [0.25, 0.3) is 0 Å². The number of ether oxygens (including phenoxy) is 2. The van der Waals surface area contributed by atoms with E-state index < -0.39 is 5.97 Å². The smallest absolute Gasteiger partial charge is 0.317 e. The highest BCUT2D eigenvalue weighted by Crippen LogP contribution is 2.51. The molecule has 1 aliphatic carbocycles. The topological polar surface area (TPSA) is 59.0 Å². The van der Waals surface area contributed by atoms with Gasteiger partial charge in [-0.15, -0.1) is 0 Å². The van der Waals surface area contributed by atoms with E-state index in [0.29, 0.717) is 13.2 Å². The second kappa shape index (κ2) is 5.41.